The molecule has 0 atom stereocenters. The van der Waals surface area contributed by atoms with E-state index < -0.39 is 36.6 Å². The Balaban J connectivity index is 1.30. The van der Waals surface area contributed by atoms with E-state index in [4.69, 9.17) is 18.6 Å². The highest BCUT2D eigenvalue weighted by Crippen LogP contribution is 2.40. The molecule has 2 aliphatic rings. The quantitative estimate of drug-likeness (QED) is 0.0758. The summed E-state index contributed by atoms with van der Waals surface area (Å²) in [6.07, 6.45) is 14.8. The Bertz CT molecular complexity index is 1740. The van der Waals surface area contributed by atoms with Gasteiger partial charge in [-0.05, 0) is 123 Å². The average Bonchev–Trinajstić information content (AvgIpc) is 3.42. The minimum absolute atomic E-state index is 0.453. The van der Waals surface area contributed by atoms with Crippen LogP contribution in [-0.4, -0.2) is 36.6 Å². The summed E-state index contributed by atoms with van der Waals surface area (Å²) in [6, 6.07) is 24.6. The maximum Gasteiger partial charge on any atom is 0.496 e. The van der Waals surface area contributed by atoms with E-state index in [-0.39, 0.29) is 0 Å². The van der Waals surface area contributed by atoms with E-state index in [1.807, 2.05) is 0 Å². The first kappa shape index (κ1) is 37.1. The van der Waals surface area contributed by atoms with Gasteiger partial charge >= 0.3 is 14.2 Å². The van der Waals surface area contributed by atoms with E-state index in [0.29, 0.717) is 0 Å². The van der Waals surface area contributed by atoms with Crippen LogP contribution >= 0.6 is 0 Å². The van der Waals surface area contributed by atoms with Crippen LogP contribution in [0.2, 0.25) is 0 Å². The Morgan fingerprint density at radius 3 is 1.32 bits per heavy atom. The molecule has 2 aliphatic heterocycles. The molecule has 2 saturated heterocycles. The summed E-state index contributed by atoms with van der Waals surface area (Å²) in [5.74, 6) is 0. The van der Waals surface area contributed by atoms with Gasteiger partial charge in [0, 0.05) is 0 Å². The molecule has 0 aromatic heterocycles. The Labute approximate surface area is 303 Å². The summed E-state index contributed by atoms with van der Waals surface area (Å²) in [5, 5.41) is 4.42. The van der Waals surface area contributed by atoms with Gasteiger partial charge in [0.1, 0.15) is 0 Å². The first-order valence-corrected chi connectivity index (χ1v) is 19.5. The van der Waals surface area contributed by atoms with Gasteiger partial charge in [0.2, 0.25) is 0 Å². The van der Waals surface area contributed by atoms with Gasteiger partial charge in [0.25, 0.3) is 0 Å². The predicted molar refractivity (Wildman–Crippen MR) is 214 cm³/mol. The summed E-state index contributed by atoms with van der Waals surface area (Å²) in [5.41, 5.74) is 4.10. The van der Waals surface area contributed by atoms with Crippen molar-refractivity contribution < 1.29 is 18.6 Å². The van der Waals surface area contributed by atoms with Crippen LogP contribution in [0, 0.1) is 0 Å². The van der Waals surface area contributed by atoms with Gasteiger partial charge in [-0.15, -0.1) is 0 Å². The summed E-state index contributed by atoms with van der Waals surface area (Å²) in [4.78, 5) is 0. The summed E-state index contributed by atoms with van der Waals surface area (Å²) in [6.45, 7) is 19.3. The number of aryl methyl sites for hydroxylation is 1. The third-order valence-corrected chi connectivity index (χ3v) is 12.2. The summed E-state index contributed by atoms with van der Waals surface area (Å²) < 4.78 is 27.0. The molecule has 50 heavy (non-hydrogen) atoms. The van der Waals surface area contributed by atoms with Gasteiger partial charge in [0.15, 0.2) is 0 Å². The monoisotopic (exact) mass is 674 g/mol. The fourth-order valence-corrected chi connectivity index (χ4v) is 7.53. The van der Waals surface area contributed by atoms with Crippen LogP contribution in [0.15, 0.2) is 66.7 Å². The molecule has 4 aromatic rings. The highest BCUT2D eigenvalue weighted by atomic mass is 16.7. The predicted octanol–water partition coefficient (Wildman–Crippen LogP) is 10.7. The molecule has 0 amide bonds. The zero-order valence-electron chi connectivity index (χ0n) is 32.4. The zero-order chi connectivity index (χ0) is 35.7. The molecule has 266 valence electrons. The van der Waals surface area contributed by atoms with Crippen LogP contribution in [0.3, 0.4) is 0 Å². The lowest BCUT2D eigenvalue weighted by molar-refractivity contribution is 0.00578. The second-order valence-corrected chi connectivity index (χ2v) is 16.9. The molecule has 4 nitrogen and oxygen atoms in total. The molecule has 2 fully saturated rings. The van der Waals surface area contributed by atoms with Crippen molar-refractivity contribution in [3.8, 4) is 11.1 Å². The number of hydrogen-bond acceptors (Lipinski definition) is 4. The topological polar surface area (TPSA) is 36.9 Å². The Kier molecular flexibility index (Phi) is 11.0. The van der Waals surface area contributed by atoms with Gasteiger partial charge in [-0.25, -0.2) is 0 Å². The third-order valence-electron chi connectivity index (χ3n) is 12.2. The molecule has 0 unspecified atom stereocenters. The molecule has 0 radical (unpaired) electrons. The van der Waals surface area contributed by atoms with Gasteiger partial charge in [-0.1, -0.05) is 125 Å². The normalized spacial score (nSPS) is 19.2. The van der Waals surface area contributed by atoms with Crippen molar-refractivity contribution >= 4 is 46.7 Å². The first-order chi connectivity index (χ1) is 23.7. The molecule has 0 saturated carbocycles. The van der Waals surface area contributed by atoms with Crippen molar-refractivity contribution in [2.45, 2.75) is 155 Å². The highest BCUT2D eigenvalue weighted by Gasteiger charge is 2.55. The lowest BCUT2D eigenvalue weighted by atomic mass is 9.66. The molecule has 6 rings (SSSR count). The van der Waals surface area contributed by atoms with Crippen molar-refractivity contribution in [2.75, 3.05) is 0 Å². The minimum Gasteiger partial charge on any atom is -0.399 e. The minimum atomic E-state index is -0.515. The molecule has 0 spiro atoms. The van der Waals surface area contributed by atoms with Gasteiger partial charge in [-0.3, -0.25) is 0 Å². The molecule has 2 heterocycles. The van der Waals surface area contributed by atoms with Crippen LogP contribution < -0.4 is 10.9 Å². The average molecular weight is 675 g/mol. The zero-order valence-corrected chi connectivity index (χ0v) is 32.4. The highest BCUT2D eigenvalue weighted by molar-refractivity contribution is 6.73. The number of hydrogen-bond donors (Lipinski definition) is 0. The molecule has 0 bridgehead atoms. The smallest absolute Gasteiger partial charge is 0.399 e. The maximum absolute atomic E-state index is 6.76. The fourth-order valence-electron chi connectivity index (χ4n) is 7.53. The second kappa shape index (κ2) is 14.8. The number of fused-ring (bicyclic) bond motifs is 2. The van der Waals surface area contributed by atoms with Crippen LogP contribution in [0.25, 0.3) is 32.7 Å². The van der Waals surface area contributed by atoms with Crippen molar-refractivity contribution in [1.29, 1.82) is 0 Å². The third kappa shape index (κ3) is 7.47. The fraction of sp³-hybridized carbons (Fsp3) is 0.545. The van der Waals surface area contributed by atoms with Crippen molar-refractivity contribution in [2.24, 2.45) is 0 Å². The van der Waals surface area contributed by atoms with Crippen molar-refractivity contribution in [1.82, 2.24) is 0 Å². The van der Waals surface area contributed by atoms with Gasteiger partial charge < -0.3 is 18.6 Å². The largest absolute Gasteiger partial charge is 0.496 e. The molecule has 6 heteroatoms. The molecule has 4 aromatic carbocycles. The lowest BCUT2D eigenvalue weighted by Crippen LogP contribution is -2.41. The van der Waals surface area contributed by atoms with E-state index >= 15 is 0 Å². The standard InChI is InChI=1S/C44H60B2O4/c1-10-11-12-13-14-15-16-17-18-19-22-32-25-27-33(28-26-32)34-29-30-37-38(31-34)40(46-49-43(6,7)44(8,9)50-46)36-24-21-20-23-35(36)39(37)45-47-41(2,3)42(4,5)48-45/h20-21,23-31H,10-19,22H2,1-9H3. The van der Waals surface area contributed by atoms with Crippen molar-refractivity contribution in [3.63, 3.8) is 0 Å². The van der Waals surface area contributed by atoms with E-state index in [1.54, 1.807) is 0 Å². The van der Waals surface area contributed by atoms with E-state index in [0.717, 1.165) is 38.9 Å². The van der Waals surface area contributed by atoms with Crippen LogP contribution in [0.1, 0.15) is 132 Å². The van der Waals surface area contributed by atoms with Crippen LogP contribution in [0.4, 0.5) is 0 Å². The lowest BCUT2D eigenvalue weighted by Gasteiger charge is -2.32. The summed E-state index contributed by atoms with van der Waals surface area (Å²) in [7, 11) is -1.02. The van der Waals surface area contributed by atoms with Gasteiger partial charge in [-0.2, -0.15) is 0 Å². The number of unbranched alkanes of at least 4 members (excludes halogenated alkanes) is 9. The Morgan fingerprint density at radius 2 is 0.840 bits per heavy atom. The van der Waals surface area contributed by atoms with Crippen LogP contribution in [0.5, 0.6) is 0 Å². The van der Waals surface area contributed by atoms with Crippen molar-refractivity contribution in [3.05, 3.63) is 72.3 Å². The maximum atomic E-state index is 6.76. The number of benzene rings is 4. The first-order valence-electron chi connectivity index (χ1n) is 19.5. The molecule has 0 N–H and O–H groups in total. The van der Waals surface area contributed by atoms with E-state index in [2.05, 4.69) is 129 Å². The van der Waals surface area contributed by atoms with Crippen LogP contribution in [-0.2, 0) is 25.0 Å². The van der Waals surface area contributed by atoms with E-state index in [1.165, 1.54) is 80.9 Å². The molecular weight excluding hydrogens is 614 g/mol. The second-order valence-electron chi connectivity index (χ2n) is 16.9. The number of rotatable bonds is 14. The molecule has 0 aliphatic carbocycles. The van der Waals surface area contributed by atoms with Gasteiger partial charge in [0.05, 0.1) is 22.4 Å². The Hall–Kier alpha value is -2.63. The summed E-state index contributed by atoms with van der Waals surface area (Å²) >= 11 is 0. The SMILES string of the molecule is CCCCCCCCCCCCc1ccc(-c2ccc3c(B4OC(C)(C)C(C)(C)O4)c4ccccc4c(B4OC(C)(C)C(C)(C)O4)c3c2)cc1. The molecular formula is C44H60B2O4. The Morgan fingerprint density at radius 1 is 0.440 bits per heavy atom. The van der Waals surface area contributed by atoms with E-state index in [9.17, 15) is 0 Å².